The highest BCUT2D eigenvalue weighted by molar-refractivity contribution is 5.79. The first-order chi connectivity index (χ1) is 12.3. The minimum atomic E-state index is -0.230. The van der Waals surface area contributed by atoms with Crippen LogP contribution in [0.5, 0.6) is 0 Å². The number of aromatic amines is 1. The maximum Gasteiger partial charge on any atom is 0.254 e. The number of rotatable bonds is 7. The SMILES string of the molecule is Cc1nc(C)c(CC(=O)N(CCN(C)C)Cc2ccccc2C)c(=O)[nH]1. The lowest BCUT2D eigenvalue weighted by Gasteiger charge is -2.25. The average Bonchev–Trinajstić information content (AvgIpc) is 2.56. The highest BCUT2D eigenvalue weighted by Crippen LogP contribution is 2.12. The fraction of sp³-hybridized carbons (Fsp3) is 0.450. The molecular weight excluding hydrogens is 328 g/mol. The number of nitrogens with one attached hydrogen (secondary N) is 1. The summed E-state index contributed by atoms with van der Waals surface area (Å²) in [5.41, 5.74) is 3.10. The second kappa shape index (κ2) is 8.76. The first-order valence-electron chi connectivity index (χ1n) is 8.81. The Balaban J connectivity index is 2.23. The summed E-state index contributed by atoms with van der Waals surface area (Å²) in [5.74, 6) is 0.502. The van der Waals surface area contributed by atoms with E-state index >= 15 is 0 Å². The summed E-state index contributed by atoms with van der Waals surface area (Å²) >= 11 is 0. The number of likely N-dealkylation sites (N-methyl/N-ethyl adjacent to an activating group) is 1. The standard InChI is InChI=1S/C20H28N4O2/c1-14-8-6-7-9-17(14)13-24(11-10-23(4)5)19(25)12-18-15(2)21-16(3)22-20(18)26/h6-9H,10-13H2,1-5H3,(H,21,22,26). The van der Waals surface area contributed by atoms with Crippen LogP contribution in [0.15, 0.2) is 29.1 Å². The highest BCUT2D eigenvalue weighted by Gasteiger charge is 2.19. The molecule has 2 aromatic rings. The van der Waals surface area contributed by atoms with Gasteiger partial charge in [-0.1, -0.05) is 24.3 Å². The molecule has 6 nitrogen and oxygen atoms in total. The lowest BCUT2D eigenvalue weighted by molar-refractivity contribution is -0.131. The van der Waals surface area contributed by atoms with Gasteiger partial charge in [0.1, 0.15) is 5.82 Å². The van der Waals surface area contributed by atoms with Crippen molar-refractivity contribution in [1.82, 2.24) is 19.8 Å². The molecule has 26 heavy (non-hydrogen) atoms. The van der Waals surface area contributed by atoms with Crippen LogP contribution < -0.4 is 5.56 Å². The van der Waals surface area contributed by atoms with Gasteiger partial charge in [0.25, 0.3) is 5.56 Å². The fourth-order valence-electron chi connectivity index (χ4n) is 2.83. The number of amides is 1. The van der Waals surface area contributed by atoms with Gasteiger partial charge in [-0.2, -0.15) is 0 Å². The van der Waals surface area contributed by atoms with E-state index in [4.69, 9.17) is 0 Å². The Morgan fingerprint density at radius 3 is 2.42 bits per heavy atom. The van der Waals surface area contributed by atoms with E-state index in [0.29, 0.717) is 30.2 Å². The van der Waals surface area contributed by atoms with Crippen LogP contribution in [-0.2, 0) is 17.8 Å². The third-order valence-corrected chi connectivity index (χ3v) is 4.46. The third-order valence-electron chi connectivity index (χ3n) is 4.46. The number of carbonyl (C=O) groups is 1. The molecule has 0 spiro atoms. The molecule has 0 saturated heterocycles. The van der Waals surface area contributed by atoms with E-state index < -0.39 is 0 Å². The maximum absolute atomic E-state index is 13.0. The summed E-state index contributed by atoms with van der Waals surface area (Å²) in [6.07, 6.45) is 0.0633. The zero-order valence-electron chi connectivity index (χ0n) is 16.3. The number of aromatic nitrogens is 2. The molecule has 0 atom stereocenters. The first kappa shape index (κ1) is 19.8. The Hall–Kier alpha value is -2.47. The van der Waals surface area contributed by atoms with Crippen molar-refractivity contribution in [3.8, 4) is 0 Å². The van der Waals surface area contributed by atoms with Gasteiger partial charge in [-0.05, 0) is 46.0 Å². The largest absolute Gasteiger partial charge is 0.337 e. The molecule has 0 saturated carbocycles. The van der Waals surface area contributed by atoms with Gasteiger partial charge < -0.3 is 14.8 Å². The lowest BCUT2D eigenvalue weighted by atomic mass is 10.1. The molecular formula is C20H28N4O2. The number of hydrogen-bond donors (Lipinski definition) is 1. The van der Waals surface area contributed by atoms with E-state index in [1.807, 2.05) is 55.1 Å². The molecule has 0 aliphatic rings. The molecule has 140 valence electrons. The van der Waals surface area contributed by atoms with Crippen LogP contribution in [0.2, 0.25) is 0 Å². The van der Waals surface area contributed by atoms with Gasteiger partial charge in [-0.15, -0.1) is 0 Å². The van der Waals surface area contributed by atoms with Crippen molar-refractivity contribution in [3.63, 3.8) is 0 Å². The quantitative estimate of drug-likeness (QED) is 0.822. The van der Waals surface area contributed by atoms with Crippen molar-refractivity contribution in [1.29, 1.82) is 0 Å². The van der Waals surface area contributed by atoms with Crippen LogP contribution >= 0.6 is 0 Å². The average molecular weight is 356 g/mol. The summed E-state index contributed by atoms with van der Waals surface area (Å²) < 4.78 is 0. The smallest absolute Gasteiger partial charge is 0.254 e. The maximum atomic E-state index is 13.0. The van der Waals surface area contributed by atoms with Crippen LogP contribution in [0.1, 0.15) is 28.2 Å². The minimum Gasteiger partial charge on any atom is -0.337 e. The molecule has 6 heteroatoms. The van der Waals surface area contributed by atoms with Gasteiger partial charge in [0, 0.05) is 30.9 Å². The Morgan fingerprint density at radius 1 is 1.12 bits per heavy atom. The normalized spacial score (nSPS) is 11.0. The van der Waals surface area contributed by atoms with Gasteiger partial charge in [-0.25, -0.2) is 4.98 Å². The Bertz CT molecular complexity index is 827. The van der Waals surface area contributed by atoms with Crippen molar-refractivity contribution < 1.29 is 4.79 Å². The van der Waals surface area contributed by atoms with Crippen molar-refractivity contribution in [2.24, 2.45) is 0 Å². The van der Waals surface area contributed by atoms with Gasteiger partial charge in [-0.3, -0.25) is 9.59 Å². The van der Waals surface area contributed by atoms with Gasteiger partial charge in [0.2, 0.25) is 5.91 Å². The van der Waals surface area contributed by atoms with Gasteiger partial charge in [0.05, 0.1) is 6.42 Å². The number of benzene rings is 1. The Labute approximate surface area is 154 Å². The van der Waals surface area contributed by atoms with Crippen LogP contribution in [0.25, 0.3) is 0 Å². The number of carbonyl (C=O) groups excluding carboxylic acids is 1. The summed E-state index contributed by atoms with van der Waals surface area (Å²) in [7, 11) is 3.96. The topological polar surface area (TPSA) is 69.3 Å². The molecule has 0 aliphatic heterocycles. The van der Waals surface area contributed by atoms with E-state index in [1.165, 1.54) is 0 Å². The van der Waals surface area contributed by atoms with E-state index in [0.717, 1.165) is 17.7 Å². The zero-order valence-corrected chi connectivity index (χ0v) is 16.3. The summed E-state index contributed by atoms with van der Waals surface area (Å²) in [6.45, 7) is 7.46. The molecule has 0 unspecified atom stereocenters. The monoisotopic (exact) mass is 356 g/mol. The predicted molar refractivity (Wildman–Crippen MR) is 103 cm³/mol. The molecule has 1 N–H and O–H groups in total. The molecule has 0 radical (unpaired) electrons. The summed E-state index contributed by atoms with van der Waals surface area (Å²) in [4.78, 5) is 36.0. The number of nitrogens with zero attached hydrogens (tertiary/aromatic N) is 3. The highest BCUT2D eigenvalue weighted by atomic mass is 16.2. The predicted octanol–water partition coefficient (Wildman–Crippen LogP) is 1.83. The fourth-order valence-corrected chi connectivity index (χ4v) is 2.83. The van der Waals surface area contributed by atoms with Crippen molar-refractivity contribution in [2.75, 3.05) is 27.2 Å². The van der Waals surface area contributed by atoms with Crippen LogP contribution in [0.3, 0.4) is 0 Å². The first-order valence-corrected chi connectivity index (χ1v) is 8.81. The molecule has 0 bridgehead atoms. The lowest BCUT2D eigenvalue weighted by Crippen LogP contribution is -2.38. The van der Waals surface area contributed by atoms with E-state index in [2.05, 4.69) is 9.97 Å². The molecule has 1 amide bonds. The number of H-pyrrole nitrogens is 1. The minimum absolute atomic E-state index is 0.0608. The molecule has 2 rings (SSSR count). The molecule has 0 aliphatic carbocycles. The summed E-state index contributed by atoms with van der Waals surface area (Å²) in [5, 5.41) is 0. The van der Waals surface area contributed by atoms with E-state index in [9.17, 15) is 9.59 Å². The Kier molecular flexibility index (Phi) is 6.69. The van der Waals surface area contributed by atoms with Crippen LogP contribution in [0.4, 0.5) is 0 Å². The van der Waals surface area contributed by atoms with Crippen LogP contribution in [0, 0.1) is 20.8 Å². The van der Waals surface area contributed by atoms with Crippen molar-refractivity contribution >= 4 is 5.91 Å². The van der Waals surface area contributed by atoms with E-state index in [-0.39, 0.29) is 17.9 Å². The molecule has 1 aromatic heterocycles. The van der Waals surface area contributed by atoms with E-state index in [1.54, 1.807) is 13.8 Å². The zero-order chi connectivity index (χ0) is 19.3. The molecule has 0 fully saturated rings. The molecule has 1 heterocycles. The van der Waals surface area contributed by atoms with Gasteiger partial charge >= 0.3 is 0 Å². The van der Waals surface area contributed by atoms with Crippen molar-refractivity contribution in [2.45, 2.75) is 33.7 Å². The second-order valence-electron chi connectivity index (χ2n) is 6.94. The summed E-state index contributed by atoms with van der Waals surface area (Å²) in [6, 6.07) is 8.06. The third kappa shape index (κ3) is 5.26. The van der Waals surface area contributed by atoms with Crippen molar-refractivity contribution in [3.05, 3.63) is 62.8 Å². The Morgan fingerprint density at radius 2 is 1.81 bits per heavy atom. The number of aryl methyl sites for hydroxylation is 3. The van der Waals surface area contributed by atoms with Crippen LogP contribution in [-0.4, -0.2) is 52.9 Å². The second-order valence-corrected chi connectivity index (χ2v) is 6.94. The van der Waals surface area contributed by atoms with Gasteiger partial charge in [0.15, 0.2) is 0 Å². The molecule has 1 aromatic carbocycles. The number of hydrogen-bond acceptors (Lipinski definition) is 4.